The van der Waals surface area contributed by atoms with E-state index in [4.69, 9.17) is 5.26 Å². The van der Waals surface area contributed by atoms with Crippen molar-refractivity contribution >= 4 is 10.9 Å². The molecular formula is C13H10N2. The second kappa shape index (κ2) is 3.90. The van der Waals surface area contributed by atoms with Crippen molar-refractivity contribution in [3.8, 4) is 17.9 Å². The summed E-state index contributed by atoms with van der Waals surface area (Å²) in [4.78, 5) is 0. The fourth-order valence-electron chi connectivity index (χ4n) is 1.57. The molecule has 0 unspecified atom stereocenters. The molecule has 0 fully saturated rings. The largest absolute Gasteiger partial charge is 0.336 e. The molecule has 0 saturated carbocycles. The molecule has 0 aliphatic heterocycles. The lowest BCUT2D eigenvalue weighted by Gasteiger charge is -1.99. The van der Waals surface area contributed by atoms with Gasteiger partial charge in [0.05, 0.1) is 18.2 Å². The third-order valence-corrected chi connectivity index (χ3v) is 2.33. The summed E-state index contributed by atoms with van der Waals surface area (Å²) in [5.41, 5.74) is 1.82. The van der Waals surface area contributed by atoms with Crippen molar-refractivity contribution in [3.63, 3.8) is 0 Å². The predicted molar refractivity (Wildman–Crippen MR) is 60.1 cm³/mol. The van der Waals surface area contributed by atoms with Crippen LogP contribution in [-0.2, 0) is 6.54 Å². The van der Waals surface area contributed by atoms with Crippen LogP contribution in [0.2, 0.25) is 0 Å². The molecule has 72 valence electrons. The first kappa shape index (κ1) is 9.37. The third-order valence-electron chi connectivity index (χ3n) is 2.33. The minimum absolute atomic E-state index is 0.696. The monoisotopic (exact) mass is 194 g/mol. The van der Waals surface area contributed by atoms with Crippen molar-refractivity contribution in [2.75, 3.05) is 0 Å². The van der Waals surface area contributed by atoms with Gasteiger partial charge in [0.2, 0.25) is 0 Å². The van der Waals surface area contributed by atoms with Crippen LogP contribution in [-0.4, -0.2) is 4.57 Å². The van der Waals surface area contributed by atoms with Gasteiger partial charge in [-0.05, 0) is 31.2 Å². The minimum atomic E-state index is 0.696. The highest BCUT2D eigenvalue weighted by Gasteiger charge is 2.00. The highest BCUT2D eigenvalue weighted by Crippen LogP contribution is 2.17. The molecule has 1 heterocycles. The van der Waals surface area contributed by atoms with Gasteiger partial charge in [-0.3, -0.25) is 0 Å². The van der Waals surface area contributed by atoms with Crippen molar-refractivity contribution in [1.29, 1.82) is 5.26 Å². The fourth-order valence-corrected chi connectivity index (χ4v) is 1.57. The first-order valence-electron chi connectivity index (χ1n) is 4.74. The van der Waals surface area contributed by atoms with Crippen LogP contribution in [0.3, 0.4) is 0 Å². The average Bonchev–Trinajstić information content (AvgIpc) is 2.68. The lowest BCUT2D eigenvalue weighted by molar-refractivity contribution is 0.885. The molecular weight excluding hydrogens is 184 g/mol. The smallest absolute Gasteiger partial charge is 0.0991 e. The number of benzene rings is 1. The van der Waals surface area contributed by atoms with Crippen molar-refractivity contribution in [1.82, 2.24) is 4.57 Å². The van der Waals surface area contributed by atoms with E-state index in [0.29, 0.717) is 12.1 Å². The average molecular weight is 194 g/mol. The Bertz CT molecular complexity index is 588. The molecule has 2 aromatic rings. The molecule has 0 radical (unpaired) electrons. The molecule has 0 atom stereocenters. The maximum absolute atomic E-state index is 8.77. The molecule has 0 amide bonds. The molecule has 2 heteroatoms. The van der Waals surface area contributed by atoms with Crippen molar-refractivity contribution < 1.29 is 0 Å². The molecule has 2 rings (SSSR count). The second-order valence-electron chi connectivity index (χ2n) is 3.26. The predicted octanol–water partition coefficient (Wildman–Crippen LogP) is 2.54. The zero-order valence-corrected chi connectivity index (χ0v) is 8.49. The van der Waals surface area contributed by atoms with Gasteiger partial charge in [-0.2, -0.15) is 5.26 Å². The van der Waals surface area contributed by atoms with Gasteiger partial charge < -0.3 is 4.57 Å². The van der Waals surface area contributed by atoms with Crippen LogP contribution in [0.1, 0.15) is 12.5 Å². The molecule has 1 aromatic heterocycles. The van der Waals surface area contributed by atoms with Crippen LogP contribution >= 0.6 is 0 Å². The lowest BCUT2D eigenvalue weighted by atomic mass is 10.2. The standard InChI is InChI=1S/C13H10N2/c1-2-3-7-15-8-6-12-9-11(10-14)4-5-13(12)15/h4-6,8-9H,7H2,1H3. The SMILES string of the molecule is CC#CCn1ccc2cc(C#N)ccc21. The van der Waals surface area contributed by atoms with Gasteiger partial charge in [-0.15, -0.1) is 5.92 Å². The summed E-state index contributed by atoms with van der Waals surface area (Å²) >= 11 is 0. The van der Waals surface area contributed by atoms with E-state index in [0.717, 1.165) is 10.9 Å². The zero-order chi connectivity index (χ0) is 10.7. The van der Waals surface area contributed by atoms with Gasteiger partial charge in [0, 0.05) is 17.1 Å². The maximum atomic E-state index is 8.77. The summed E-state index contributed by atoms with van der Waals surface area (Å²) in [5.74, 6) is 5.89. The lowest BCUT2D eigenvalue weighted by Crippen LogP contribution is -1.92. The van der Waals surface area contributed by atoms with E-state index in [2.05, 4.69) is 22.5 Å². The van der Waals surface area contributed by atoms with Gasteiger partial charge in [0.1, 0.15) is 0 Å². The number of nitriles is 1. The van der Waals surface area contributed by atoms with Gasteiger partial charge in [-0.1, -0.05) is 5.92 Å². The van der Waals surface area contributed by atoms with Crippen LogP contribution in [0.15, 0.2) is 30.5 Å². The van der Waals surface area contributed by atoms with Crippen molar-refractivity contribution in [2.24, 2.45) is 0 Å². The highest BCUT2D eigenvalue weighted by atomic mass is 14.9. The van der Waals surface area contributed by atoms with Crippen LogP contribution in [0.4, 0.5) is 0 Å². The number of nitrogens with zero attached hydrogens (tertiary/aromatic N) is 2. The third kappa shape index (κ3) is 1.71. The molecule has 1 aromatic carbocycles. The Balaban J connectivity index is 2.51. The van der Waals surface area contributed by atoms with E-state index >= 15 is 0 Å². The zero-order valence-electron chi connectivity index (χ0n) is 8.49. The quantitative estimate of drug-likeness (QED) is 0.641. The number of rotatable bonds is 1. The van der Waals surface area contributed by atoms with Crippen LogP contribution in [0.5, 0.6) is 0 Å². The van der Waals surface area contributed by atoms with Gasteiger partial charge in [0.25, 0.3) is 0 Å². The minimum Gasteiger partial charge on any atom is -0.336 e. The number of hydrogen-bond donors (Lipinski definition) is 0. The van der Waals surface area contributed by atoms with E-state index in [1.165, 1.54) is 0 Å². The van der Waals surface area contributed by atoms with E-state index in [9.17, 15) is 0 Å². The van der Waals surface area contributed by atoms with E-state index in [1.807, 2.05) is 37.4 Å². The van der Waals surface area contributed by atoms with Crippen molar-refractivity contribution in [3.05, 3.63) is 36.0 Å². The molecule has 0 bridgehead atoms. The Morgan fingerprint density at radius 1 is 1.33 bits per heavy atom. The summed E-state index contributed by atoms with van der Waals surface area (Å²) in [7, 11) is 0. The normalized spacial score (nSPS) is 9.33. The summed E-state index contributed by atoms with van der Waals surface area (Å²) < 4.78 is 2.08. The Morgan fingerprint density at radius 3 is 2.93 bits per heavy atom. The summed E-state index contributed by atoms with van der Waals surface area (Å²) in [5, 5.41) is 9.86. The topological polar surface area (TPSA) is 28.7 Å². The van der Waals surface area contributed by atoms with Gasteiger partial charge in [0.15, 0.2) is 0 Å². The molecule has 0 aliphatic rings. The summed E-state index contributed by atoms with van der Waals surface area (Å²) in [6.07, 6.45) is 2.00. The molecule has 0 aliphatic carbocycles. The van der Waals surface area contributed by atoms with Crippen molar-refractivity contribution in [2.45, 2.75) is 13.5 Å². The molecule has 15 heavy (non-hydrogen) atoms. The number of fused-ring (bicyclic) bond motifs is 1. The Hall–Kier alpha value is -2.19. The Kier molecular flexibility index (Phi) is 2.44. The first-order chi connectivity index (χ1) is 7.35. The second-order valence-corrected chi connectivity index (χ2v) is 3.26. The number of aromatic nitrogens is 1. The highest BCUT2D eigenvalue weighted by molar-refractivity contribution is 5.81. The molecule has 0 N–H and O–H groups in total. The van der Waals surface area contributed by atoms with E-state index < -0.39 is 0 Å². The van der Waals surface area contributed by atoms with E-state index in [-0.39, 0.29) is 0 Å². The Labute approximate surface area is 88.7 Å². The summed E-state index contributed by atoms with van der Waals surface area (Å²) in [6, 6.07) is 9.83. The fraction of sp³-hybridized carbons (Fsp3) is 0.154. The number of hydrogen-bond acceptors (Lipinski definition) is 1. The van der Waals surface area contributed by atoms with E-state index in [1.54, 1.807) is 0 Å². The van der Waals surface area contributed by atoms with Crippen LogP contribution < -0.4 is 0 Å². The molecule has 2 nitrogen and oxygen atoms in total. The molecule has 0 saturated heterocycles. The van der Waals surface area contributed by atoms with Crippen LogP contribution in [0, 0.1) is 23.2 Å². The van der Waals surface area contributed by atoms with Gasteiger partial charge in [-0.25, -0.2) is 0 Å². The van der Waals surface area contributed by atoms with Gasteiger partial charge >= 0.3 is 0 Å². The first-order valence-corrected chi connectivity index (χ1v) is 4.74. The summed E-state index contributed by atoms with van der Waals surface area (Å²) in [6.45, 7) is 2.53. The molecule has 0 spiro atoms. The van der Waals surface area contributed by atoms with Crippen LogP contribution in [0.25, 0.3) is 10.9 Å². The Morgan fingerprint density at radius 2 is 2.20 bits per heavy atom. The maximum Gasteiger partial charge on any atom is 0.0991 e.